The molecule has 0 amide bonds. The number of rotatable bonds is 7. The number of benzene rings is 1. The van der Waals surface area contributed by atoms with Crippen LogP contribution in [0.1, 0.15) is 20.8 Å². The van der Waals surface area contributed by atoms with Crippen LogP contribution in [0.15, 0.2) is 28.5 Å². The van der Waals surface area contributed by atoms with E-state index in [2.05, 4.69) is 9.46 Å². The first kappa shape index (κ1) is 19.6. The van der Waals surface area contributed by atoms with Crippen LogP contribution in [-0.4, -0.2) is 26.1 Å². The summed E-state index contributed by atoms with van der Waals surface area (Å²) in [5.41, 5.74) is -0.00188. The van der Waals surface area contributed by atoms with Crippen molar-refractivity contribution in [1.82, 2.24) is 4.72 Å². The summed E-state index contributed by atoms with van der Waals surface area (Å²) in [5.74, 6) is -1.45. The van der Waals surface area contributed by atoms with Gasteiger partial charge in [-0.1, -0.05) is 11.6 Å². The fraction of sp³-hybridized carbons (Fsp3) is 0.214. The number of hydrogen-bond acceptors (Lipinski definition) is 5. The van der Waals surface area contributed by atoms with Crippen molar-refractivity contribution in [2.45, 2.75) is 24.3 Å². The average molecular weight is 412 g/mol. The van der Waals surface area contributed by atoms with E-state index in [4.69, 9.17) is 16.7 Å². The van der Waals surface area contributed by atoms with Crippen LogP contribution in [0.2, 0.25) is 5.02 Å². The lowest BCUT2D eigenvalue weighted by Crippen LogP contribution is -2.23. The summed E-state index contributed by atoms with van der Waals surface area (Å²) in [6.45, 7) is -1.95. The zero-order valence-corrected chi connectivity index (χ0v) is 15.0. The van der Waals surface area contributed by atoms with Crippen LogP contribution in [0.3, 0.4) is 0 Å². The summed E-state index contributed by atoms with van der Waals surface area (Å²) in [6, 6.07) is 4.87. The van der Waals surface area contributed by atoms with Crippen LogP contribution in [0.4, 0.5) is 8.78 Å². The minimum Gasteiger partial charge on any atom is -0.478 e. The average Bonchev–Trinajstić information content (AvgIpc) is 2.90. The zero-order chi connectivity index (χ0) is 18.8. The number of carbonyl (C=O) groups is 1. The van der Waals surface area contributed by atoms with E-state index in [0.29, 0.717) is 4.88 Å². The monoisotopic (exact) mass is 411 g/mol. The van der Waals surface area contributed by atoms with Crippen LogP contribution in [0.5, 0.6) is 5.75 Å². The van der Waals surface area contributed by atoms with Gasteiger partial charge in [-0.15, -0.1) is 11.3 Å². The predicted octanol–water partition coefficient (Wildman–Crippen LogP) is 3.49. The number of hydrogen-bond donors (Lipinski definition) is 2. The third kappa shape index (κ3) is 4.88. The van der Waals surface area contributed by atoms with Crippen LogP contribution in [0, 0.1) is 6.92 Å². The van der Waals surface area contributed by atoms with E-state index in [-0.39, 0.29) is 32.7 Å². The van der Waals surface area contributed by atoms with Gasteiger partial charge in [0.05, 0.1) is 5.56 Å². The summed E-state index contributed by atoms with van der Waals surface area (Å²) < 4.78 is 55.8. The van der Waals surface area contributed by atoms with Gasteiger partial charge in [-0.05, 0) is 31.2 Å². The first-order chi connectivity index (χ1) is 11.6. The highest BCUT2D eigenvalue weighted by Gasteiger charge is 2.22. The van der Waals surface area contributed by atoms with Crippen LogP contribution in [0.25, 0.3) is 0 Å². The second kappa shape index (κ2) is 7.65. The molecule has 1 heterocycles. The minimum atomic E-state index is -4.03. The molecular weight excluding hydrogens is 400 g/mol. The molecule has 0 aliphatic heterocycles. The molecule has 25 heavy (non-hydrogen) atoms. The Kier molecular flexibility index (Phi) is 5.99. The second-order valence-corrected chi connectivity index (χ2v) is 8.48. The maximum absolute atomic E-state index is 12.4. The number of halogens is 3. The third-order valence-electron chi connectivity index (χ3n) is 3.08. The van der Waals surface area contributed by atoms with Crippen molar-refractivity contribution in [3.8, 4) is 5.75 Å². The fourth-order valence-electron chi connectivity index (χ4n) is 1.94. The molecule has 2 N–H and O–H groups in total. The SMILES string of the molecule is Cc1sc(S(=O)(=O)NCc2cc(Cl)ccc2OC(F)F)cc1C(=O)O. The Morgan fingerprint density at radius 2 is 2.08 bits per heavy atom. The largest absolute Gasteiger partial charge is 0.478 e. The van der Waals surface area contributed by atoms with Crippen LogP contribution in [-0.2, 0) is 16.6 Å². The van der Waals surface area contributed by atoms with Gasteiger partial charge in [-0.3, -0.25) is 0 Å². The zero-order valence-electron chi connectivity index (χ0n) is 12.6. The molecular formula is C14H12ClF2NO5S2. The first-order valence-electron chi connectivity index (χ1n) is 6.67. The lowest BCUT2D eigenvalue weighted by atomic mass is 10.2. The van der Waals surface area contributed by atoms with Gasteiger partial charge >= 0.3 is 12.6 Å². The number of aromatic carboxylic acids is 1. The number of sulfonamides is 1. The van der Waals surface area contributed by atoms with E-state index >= 15 is 0 Å². The van der Waals surface area contributed by atoms with E-state index in [0.717, 1.165) is 17.4 Å². The number of thiophene rings is 1. The summed E-state index contributed by atoms with van der Waals surface area (Å²) in [4.78, 5) is 11.3. The highest BCUT2D eigenvalue weighted by Crippen LogP contribution is 2.28. The molecule has 2 rings (SSSR count). The van der Waals surface area contributed by atoms with Crippen LogP contribution < -0.4 is 9.46 Å². The van der Waals surface area contributed by atoms with Crippen molar-refractivity contribution in [1.29, 1.82) is 0 Å². The first-order valence-corrected chi connectivity index (χ1v) is 9.34. The van der Waals surface area contributed by atoms with Crippen molar-refractivity contribution in [2.75, 3.05) is 0 Å². The molecule has 0 aliphatic rings. The number of alkyl halides is 2. The molecule has 0 aliphatic carbocycles. The minimum absolute atomic E-state index is 0.114. The van der Waals surface area contributed by atoms with Gasteiger partial charge in [0.25, 0.3) is 0 Å². The van der Waals surface area contributed by atoms with Gasteiger partial charge in [0, 0.05) is 22.0 Å². The van der Waals surface area contributed by atoms with E-state index in [9.17, 15) is 22.0 Å². The number of aryl methyl sites for hydroxylation is 1. The van der Waals surface area contributed by atoms with Gasteiger partial charge in [0.1, 0.15) is 9.96 Å². The summed E-state index contributed by atoms with van der Waals surface area (Å²) in [6.07, 6.45) is 0. The molecule has 0 saturated carbocycles. The summed E-state index contributed by atoms with van der Waals surface area (Å²) in [5, 5.41) is 9.21. The lowest BCUT2D eigenvalue weighted by Gasteiger charge is -2.12. The molecule has 0 saturated heterocycles. The Morgan fingerprint density at radius 3 is 2.64 bits per heavy atom. The Balaban J connectivity index is 2.24. The van der Waals surface area contributed by atoms with Crippen LogP contribution >= 0.6 is 22.9 Å². The number of carboxylic acids is 1. The lowest BCUT2D eigenvalue weighted by molar-refractivity contribution is -0.0504. The van der Waals surface area contributed by atoms with Crippen molar-refractivity contribution in [3.05, 3.63) is 45.3 Å². The van der Waals surface area contributed by atoms with E-state index in [1.54, 1.807) is 0 Å². The molecule has 11 heteroatoms. The van der Waals surface area contributed by atoms with Crippen molar-refractivity contribution >= 4 is 38.9 Å². The van der Waals surface area contributed by atoms with E-state index in [1.807, 2.05) is 0 Å². The van der Waals surface area contributed by atoms with Gasteiger partial charge in [-0.25, -0.2) is 17.9 Å². The Morgan fingerprint density at radius 1 is 1.40 bits per heavy atom. The van der Waals surface area contributed by atoms with Gasteiger partial charge < -0.3 is 9.84 Å². The van der Waals surface area contributed by atoms with Crippen molar-refractivity contribution < 1.29 is 31.8 Å². The number of carboxylic acid groups (broad SMARTS) is 1. The maximum atomic E-state index is 12.4. The highest BCUT2D eigenvalue weighted by molar-refractivity contribution is 7.91. The molecule has 0 bridgehead atoms. The summed E-state index contributed by atoms with van der Waals surface area (Å²) in [7, 11) is -4.03. The number of nitrogens with one attached hydrogen (secondary N) is 1. The Hall–Kier alpha value is -1.75. The predicted molar refractivity (Wildman–Crippen MR) is 88.1 cm³/mol. The standard InChI is InChI=1S/C14H12ClF2NO5S2/c1-7-10(13(19)20)5-12(24-7)25(21,22)18-6-8-4-9(15)2-3-11(8)23-14(16)17/h2-5,14,18H,6H2,1H3,(H,19,20). The smallest absolute Gasteiger partial charge is 0.387 e. The maximum Gasteiger partial charge on any atom is 0.387 e. The van der Waals surface area contributed by atoms with Gasteiger partial charge in [-0.2, -0.15) is 8.78 Å². The topological polar surface area (TPSA) is 92.7 Å². The molecule has 1 aromatic carbocycles. The third-order valence-corrected chi connectivity index (χ3v) is 6.24. The van der Waals surface area contributed by atoms with Gasteiger partial charge in [0.15, 0.2) is 0 Å². The van der Waals surface area contributed by atoms with Crippen molar-refractivity contribution in [2.24, 2.45) is 0 Å². The molecule has 0 spiro atoms. The molecule has 2 aromatic rings. The highest BCUT2D eigenvalue weighted by atomic mass is 35.5. The normalized spacial score (nSPS) is 11.7. The molecule has 0 atom stereocenters. The molecule has 0 unspecified atom stereocenters. The summed E-state index contributed by atoms with van der Waals surface area (Å²) >= 11 is 6.59. The van der Waals surface area contributed by atoms with Gasteiger partial charge in [0.2, 0.25) is 10.0 Å². The number of ether oxygens (including phenoxy) is 1. The Bertz CT molecular complexity index is 899. The molecule has 6 nitrogen and oxygen atoms in total. The molecule has 0 radical (unpaired) electrons. The molecule has 0 fully saturated rings. The molecule has 1 aromatic heterocycles. The fourth-order valence-corrected chi connectivity index (χ4v) is 4.62. The quantitative estimate of drug-likeness (QED) is 0.727. The van der Waals surface area contributed by atoms with E-state index in [1.165, 1.54) is 25.1 Å². The second-order valence-electron chi connectivity index (χ2n) is 4.80. The van der Waals surface area contributed by atoms with Crippen molar-refractivity contribution in [3.63, 3.8) is 0 Å². The molecule has 136 valence electrons. The van der Waals surface area contributed by atoms with E-state index < -0.39 is 22.6 Å². The Labute approximate surface area is 151 Å².